The third-order valence-electron chi connectivity index (χ3n) is 2.08. The monoisotopic (exact) mass is 275 g/mol. The first-order valence-corrected chi connectivity index (χ1v) is 7.27. The fraction of sp³-hybridized carbons (Fsp3) is 0.583. The van der Waals surface area contributed by atoms with Crippen LogP contribution in [0.1, 0.15) is 25.3 Å². The van der Waals surface area contributed by atoms with Crippen molar-refractivity contribution in [1.29, 1.82) is 0 Å². The zero-order valence-corrected chi connectivity index (χ0v) is 11.6. The summed E-state index contributed by atoms with van der Waals surface area (Å²) in [6.07, 6.45) is 2.45. The van der Waals surface area contributed by atoms with Crippen LogP contribution in [0, 0.1) is 0 Å². The molecule has 0 aliphatic rings. The molecule has 1 aromatic rings. The SMILES string of the molecule is CCCCSCc1cc(Cl)nc(OCCO)c1. The molecule has 0 aliphatic heterocycles. The van der Waals surface area contributed by atoms with Crippen molar-refractivity contribution >= 4 is 23.4 Å². The summed E-state index contributed by atoms with van der Waals surface area (Å²) in [4.78, 5) is 4.04. The summed E-state index contributed by atoms with van der Waals surface area (Å²) in [5.74, 6) is 2.55. The number of pyridine rings is 1. The molecule has 0 fully saturated rings. The van der Waals surface area contributed by atoms with Crippen LogP contribution >= 0.6 is 23.4 Å². The predicted octanol–water partition coefficient (Wildman–Crippen LogP) is 3.14. The average Bonchev–Trinajstić information content (AvgIpc) is 2.31. The number of thioether (sulfide) groups is 1. The molecule has 3 nitrogen and oxygen atoms in total. The maximum atomic E-state index is 8.68. The van der Waals surface area contributed by atoms with E-state index in [0.29, 0.717) is 11.0 Å². The molecule has 0 bridgehead atoms. The Labute approximate surface area is 112 Å². The molecule has 0 atom stereocenters. The Hall–Kier alpha value is -0.450. The number of aliphatic hydroxyl groups is 1. The molecule has 1 N–H and O–H groups in total. The molecular formula is C12H18ClNO2S. The molecule has 0 amide bonds. The summed E-state index contributed by atoms with van der Waals surface area (Å²) in [6.45, 7) is 2.41. The topological polar surface area (TPSA) is 42.4 Å². The minimum Gasteiger partial charge on any atom is -0.475 e. The molecule has 1 heterocycles. The maximum Gasteiger partial charge on any atom is 0.215 e. The Morgan fingerprint density at radius 1 is 1.47 bits per heavy atom. The number of hydrogen-bond acceptors (Lipinski definition) is 4. The van der Waals surface area contributed by atoms with Gasteiger partial charge in [-0.1, -0.05) is 24.9 Å². The molecule has 5 heteroatoms. The van der Waals surface area contributed by atoms with Gasteiger partial charge in [-0.25, -0.2) is 4.98 Å². The van der Waals surface area contributed by atoms with Gasteiger partial charge in [-0.05, 0) is 23.8 Å². The number of aromatic nitrogens is 1. The van der Waals surface area contributed by atoms with E-state index in [2.05, 4.69) is 11.9 Å². The van der Waals surface area contributed by atoms with E-state index in [4.69, 9.17) is 21.4 Å². The molecular weight excluding hydrogens is 258 g/mol. The van der Waals surface area contributed by atoms with E-state index in [9.17, 15) is 0 Å². The summed E-state index contributed by atoms with van der Waals surface area (Å²) in [5, 5.41) is 9.11. The Morgan fingerprint density at radius 3 is 3.00 bits per heavy atom. The summed E-state index contributed by atoms with van der Waals surface area (Å²) in [7, 11) is 0. The van der Waals surface area contributed by atoms with Gasteiger partial charge >= 0.3 is 0 Å². The van der Waals surface area contributed by atoms with Gasteiger partial charge < -0.3 is 9.84 Å². The highest BCUT2D eigenvalue weighted by atomic mass is 35.5. The van der Waals surface area contributed by atoms with Gasteiger partial charge in [-0.15, -0.1) is 0 Å². The van der Waals surface area contributed by atoms with Gasteiger partial charge in [0.1, 0.15) is 11.8 Å². The van der Waals surface area contributed by atoms with Gasteiger partial charge in [-0.3, -0.25) is 0 Å². The molecule has 17 heavy (non-hydrogen) atoms. The van der Waals surface area contributed by atoms with Crippen LogP contribution in [0.2, 0.25) is 5.15 Å². The van der Waals surface area contributed by atoms with Gasteiger partial charge in [0.05, 0.1) is 6.61 Å². The Balaban J connectivity index is 2.50. The van der Waals surface area contributed by atoms with E-state index < -0.39 is 0 Å². The van der Waals surface area contributed by atoms with Crippen molar-refractivity contribution < 1.29 is 9.84 Å². The van der Waals surface area contributed by atoms with Crippen molar-refractivity contribution in [1.82, 2.24) is 4.98 Å². The van der Waals surface area contributed by atoms with Crippen LogP contribution in [0.15, 0.2) is 12.1 Å². The van der Waals surface area contributed by atoms with Crippen molar-refractivity contribution in [2.45, 2.75) is 25.5 Å². The summed E-state index contributed by atoms with van der Waals surface area (Å²) in [6, 6.07) is 3.73. The molecule has 1 rings (SSSR count). The first-order chi connectivity index (χ1) is 8.26. The molecule has 96 valence electrons. The van der Waals surface area contributed by atoms with Crippen LogP contribution < -0.4 is 4.74 Å². The molecule has 0 saturated carbocycles. The number of hydrogen-bond donors (Lipinski definition) is 1. The third-order valence-corrected chi connectivity index (χ3v) is 3.39. The van der Waals surface area contributed by atoms with Crippen LogP contribution in [0.5, 0.6) is 5.88 Å². The normalized spacial score (nSPS) is 10.5. The first-order valence-electron chi connectivity index (χ1n) is 5.74. The molecule has 0 spiro atoms. The maximum absolute atomic E-state index is 8.68. The first kappa shape index (κ1) is 14.6. The molecule has 0 saturated heterocycles. The fourth-order valence-corrected chi connectivity index (χ4v) is 2.53. The lowest BCUT2D eigenvalue weighted by Gasteiger charge is -2.07. The van der Waals surface area contributed by atoms with Crippen LogP contribution in [0.4, 0.5) is 0 Å². The molecule has 1 aromatic heterocycles. The van der Waals surface area contributed by atoms with E-state index >= 15 is 0 Å². The number of nitrogens with zero attached hydrogens (tertiary/aromatic N) is 1. The second-order valence-corrected chi connectivity index (χ2v) is 5.11. The predicted molar refractivity (Wildman–Crippen MR) is 72.9 cm³/mol. The van der Waals surface area contributed by atoms with Crippen LogP contribution in [-0.4, -0.2) is 29.1 Å². The quantitative estimate of drug-likeness (QED) is 0.585. The Morgan fingerprint density at radius 2 is 2.29 bits per heavy atom. The second kappa shape index (κ2) is 8.61. The van der Waals surface area contributed by atoms with E-state index in [0.717, 1.165) is 17.1 Å². The lowest BCUT2D eigenvalue weighted by atomic mass is 10.3. The minimum absolute atomic E-state index is 0.0191. The van der Waals surface area contributed by atoms with E-state index in [1.807, 2.05) is 23.9 Å². The standard InChI is InChI=1S/C12H18ClNO2S/c1-2-3-6-17-9-10-7-11(13)14-12(8-10)16-5-4-15/h7-8,15H,2-6,9H2,1H3. The minimum atomic E-state index is -0.0191. The molecule has 0 unspecified atom stereocenters. The highest BCUT2D eigenvalue weighted by molar-refractivity contribution is 7.98. The molecule has 0 radical (unpaired) electrons. The van der Waals surface area contributed by atoms with E-state index in [1.54, 1.807) is 0 Å². The van der Waals surface area contributed by atoms with Crippen molar-refractivity contribution in [3.63, 3.8) is 0 Å². The zero-order chi connectivity index (χ0) is 12.5. The van der Waals surface area contributed by atoms with Crippen LogP contribution in [0.3, 0.4) is 0 Å². The number of aliphatic hydroxyl groups excluding tert-OH is 1. The van der Waals surface area contributed by atoms with Crippen molar-refractivity contribution in [3.8, 4) is 5.88 Å². The Kier molecular flexibility index (Phi) is 7.40. The van der Waals surface area contributed by atoms with E-state index in [-0.39, 0.29) is 13.2 Å². The summed E-state index contributed by atoms with van der Waals surface area (Å²) in [5.41, 5.74) is 1.11. The Bertz CT molecular complexity index is 336. The van der Waals surface area contributed by atoms with Crippen molar-refractivity contribution in [2.75, 3.05) is 19.0 Å². The lowest BCUT2D eigenvalue weighted by Crippen LogP contribution is -2.03. The van der Waals surface area contributed by atoms with Crippen LogP contribution in [0.25, 0.3) is 0 Å². The van der Waals surface area contributed by atoms with Crippen molar-refractivity contribution in [3.05, 3.63) is 22.8 Å². The smallest absolute Gasteiger partial charge is 0.215 e. The number of unbranched alkanes of at least 4 members (excludes halogenated alkanes) is 1. The van der Waals surface area contributed by atoms with Crippen molar-refractivity contribution in [2.24, 2.45) is 0 Å². The lowest BCUT2D eigenvalue weighted by molar-refractivity contribution is 0.196. The van der Waals surface area contributed by atoms with Gasteiger partial charge in [0.15, 0.2) is 0 Å². The summed E-state index contributed by atoms with van der Waals surface area (Å²) >= 11 is 7.79. The van der Waals surface area contributed by atoms with Gasteiger partial charge in [0.25, 0.3) is 0 Å². The zero-order valence-electron chi connectivity index (χ0n) is 9.99. The van der Waals surface area contributed by atoms with Gasteiger partial charge in [0.2, 0.25) is 5.88 Å². The van der Waals surface area contributed by atoms with Gasteiger partial charge in [-0.2, -0.15) is 11.8 Å². The third kappa shape index (κ3) is 6.15. The number of rotatable bonds is 8. The highest BCUT2D eigenvalue weighted by Crippen LogP contribution is 2.21. The highest BCUT2D eigenvalue weighted by Gasteiger charge is 2.02. The number of ether oxygens (including phenoxy) is 1. The number of halogens is 1. The molecule has 0 aromatic carbocycles. The largest absolute Gasteiger partial charge is 0.475 e. The second-order valence-electron chi connectivity index (χ2n) is 3.61. The average molecular weight is 276 g/mol. The summed E-state index contributed by atoms with van der Waals surface area (Å²) < 4.78 is 5.25. The van der Waals surface area contributed by atoms with E-state index in [1.165, 1.54) is 12.8 Å². The van der Waals surface area contributed by atoms with Gasteiger partial charge in [0, 0.05) is 11.8 Å². The molecule has 0 aliphatic carbocycles. The van der Waals surface area contributed by atoms with Crippen LogP contribution in [-0.2, 0) is 5.75 Å². The fourth-order valence-electron chi connectivity index (χ4n) is 1.27.